The predicted molar refractivity (Wildman–Crippen MR) is 107 cm³/mol. The summed E-state index contributed by atoms with van der Waals surface area (Å²) in [5.74, 6) is 0. The molecule has 1 aromatic carbocycles. The van der Waals surface area contributed by atoms with E-state index in [1.165, 1.54) is 18.0 Å². The number of urea groups is 1. The summed E-state index contributed by atoms with van der Waals surface area (Å²) >= 11 is 7.76. The summed E-state index contributed by atoms with van der Waals surface area (Å²) in [6, 6.07) is 11.6. The molecule has 0 unspecified atom stereocenters. The Kier molecular flexibility index (Phi) is 6.53. The molecule has 2 aromatic rings. The van der Waals surface area contributed by atoms with E-state index >= 15 is 0 Å². The van der Waals surface area contributed by atoms with Crippen LogP contribution in [0.4, 0.5) is 10.5 Å². The first-order valence-corrected chi connectivity index (χ1v) is 10.3. The molecule has 0 saturated carbocycles. The Labute approximate surface area is 163 Å². The van der Waals surface area contributed by atoms with E-state index in [0.29, 0.717) is 10.7 Å². The van der Waals surface area contributed by atoms with Gasteiger partial charge in [-0.3, -0.25) is 0 Å². The largest absolute Gasteiger partial charge is 0.329 e. The van der Waals surface area contributed by atoms with Gasteiger partial charge in [0.05, 0.1) is 18.0 Å². The van der Waals surface area contributed by atoms with Crippen molar-refractivity contribution in [2.24, 2.45) is 0 Å². The van der Waals surface area contributed by atoms with E-state index in [2.05, 4.69) is 42.1 Å². The highest BCUT2D eigenvalue weighted by Crippen LogP contribution is 2.20. The fraction of sp³-hybridized carbons (Fsp3) is 0.421. The van der Waals surface area contributed by atoms with E-state index in [1.54, 1.807) is 33.3 Å². The number of rotatable bonds is 5. The lowest BCUT2D eigenvalue weighted by molar-refractivity contribution is -1.02. The molecule has 2 amide bonds. The summed E-state index contributed by atoms with van der Waals surface area (Å²) in [7, 11) is 2.25. The van der Waals surface area contributed by atoms with Gasteiger partial charge in [-0.1, -0.05) is 23.7 Å². The highest BCUT2D eigenvalue weighted by Gasteiger charge is 2.34. The summed E-state index contributed by atoms with van der Waals surface area (Å²) in [5, 5.41) is 8.73. The number of likely N-dealkylation sites (N-methyl/N-ethyl adjacent to an activating group) is 1. The lowest BCUT2D eigenvalue weighted by atomic mass is 10.1. The molecule has 140 valence electrons. The summed E-state index contributed by atoms with van der Waals surface area (Å²) < 4.78 is 0. The molecule has 1 aliphatic heterocycles. The van der Waals surface area contributed by atoms with Crippen molar-refractivity contribution in [3.63, 3.8) is 0 Å². The van der Waals surface area contributed by atoms with Crippen LogP contribution in [-0.4, -0.2) is 45.3 Å². The van der Waals surface area contributed by atoms with Crippen LogP contribution in [0.3, 0.4) is 0 Å². The van der Waals surface area contributed by atoms with E-state index in [0.717, 1.165) is 13.1 Å². The van der Waals surface area contributed by atoms with Crippen molar-refractivity contribution in [3.8, 4) is 0 Å². The minimum atomic E-state index is -0.194. The average molecular weight is 395 g/mol. The van der Waals surface area contributed by atoms with Gasteiger partial charge in [0.25, 0.3) is 0 Å². The summed E-state index contributed by atoms with van der Waals surface area (Å²) in [6.45, 7) is 6.67. The van der Waals surface area contributed by atoms with Crippen LogP contribution in [0.15, 0.2) is 41.8 Å². The van der Waals surface area contributed by atoms with E-state index in [4.69, 9.17) is 11.6 Å². The second kappa shape index (κ2) is 8.86. The number of benzene rings is 1. The maximum atomic E-state index is 12.5. The zero-order valence-corrected chi connectivity index (χ0v) is 16.8. The van der Waals surface area contributed by atoms with E-state index < -0.39 is 0 Å². The first-order chi connectivity index (χ1) is 12.5. The number of anilines is 1. The van der Waals surface area contributed by atoms with Gasteiger partial charge in [-0.25, -0.2) is 4.79 Å². The van der Waals surface area contributed by atoms with Gasteiger partial charge >= 0.3 is 6.03 Å². The van der Waals surface area contributed by atoms with Gasteiger partial charge in [0.1, 0.15) is 32.2 Å². The molecule has 0 bridgehead atoms. The molecule has 5 nitrogen and oxygen atoms in total. The molecule has 1 aliphatic rings. The maximum absolute atomic E-state index is 12.5. The summed E-state index contributed by atoms with van der Waals surface area (Å²) in [6.07, 6.45) is 0. The third kappa shape index (κ3) is 4.98. The molecule has 3 rings (SSSR count). The number of quaternary nitrogens is 2. The van der Waals surface area contributed by atoms with Crippen molar-refractivity contribution >= 4 is 34.7 Å². The lowest BCUT2D eigenvalue weighted by Crippen LogP contribution is -3.27. The van der Waals surface area contributed by atoms with Gasteiger partial charge in [-0.2, -0.15) is 0 Å². The zero-order chi connectivity index (χ0) is 18.5. The van der Waals surface area contributed by atoms with Crippen LogP contribution in [0.25, 0.3) is 0 Å². The number of amides is 2. The minimum Gasteiger partial charge on any atom is -0.329 e. The van der Waals surface area contributed by atoms with Crippen LogP contribution < -0.4 is 20.4 Å². The second-order valence-corrected chi connectivity index (χ2v) is 8.42. The average Bonchev–Trinajstić information content (AvgIpc) is 3.11. The van der Waals surface area contributed by atoms with E-state index in [-0.39, 0.29) is 18.1 Å². The Bertz CT molecular complexity index is 716. The molecule has 2 atom stereocenters. The number of halogens is 1. The maximum Gasteiger partial charge on any atom is 0.319 e. The van der Waals surface area contributed by atoms with Gasteiger partial charge in [-0.05, 0) is 36.6 Å². The topological polar surface area (TPSA) is 50.0 Å². The molecular weight excluding hydrogens is 368 g/mol. The SMILES string of the molecule is C[C@H](NC(=O)Nc1cccc(Cl)c1)[C@H](c1cccs1)[NH+]1CC[NH+](C)CC1. The fourth-order valence-corrected chi connectivity index (χ4v) is 4.78. The molecule has 7 heteroatoms. The number of thiophene rings is 1. The first-order valence-electron chi connectivity index (χ1n) is 9.05. The standard InChI is InChI=1S/C19H25ClN4OS/c1-14(21-19(25)22-16-6-3-5-15(20)13-16)18(17-7-4-12-26-17)24-10-8-23(2)9-11-24/h3-7,12-14,18H,8-11H2,1-2H3,(H2,21,22,25)/p+2/t14-,18+/m0/s1. The first kappa shape index (κ1) is 19.2. The van der Waals surface area contributed by atoms with Gasteiger partial charge in [-0.15, -0.1) is 11.3 Å². The van der Waals surface area contributed by atoms with Crippen molar-refractivity contribution in [1.29, 1.82) is 0 Å². The summed E-state index contributed by atoms with van der Waals surface area (Å²) in [5.41, 5.74) is 0.699. The van der Waals surface area contributed by atoms with Gasteiger partial charge in [0.15, 0.2) is 0 Å². The number of carbonyl (C=O) groups excluding carboxylic acids is 1. The van der Waals surface area contributed by atoms with Gasteiger partial charge in [0, 0.05) is 10.7 Å². The molecule has 26 heavy (non-hydrogen) atoms. The van der Waals surface area contributed by atoms with Crippen molar-refractivity contribution < 1.29 is 14.6 Å². The molecule has 4 N–H and O–H groups in total. The quantitative estimate of drug-likeness (QED) is 0.602. The number of piperazine rings is 1. The molecule has 1 saturated heterocycles. The van der Waals surface area contributed by atoms with Crippen molar-refractivity contribution in [3.05, 3.63) is 51.7 Å². The predicted octanol–water partition coefficient (Wildman–Crippen LogP) is 1.07. The number of hydrogen-bond acceptors (Lipinski definition) is 2. The van der Waals surface area contributed by atoms with Gasteiger partial charge in [0.2, 0.25) is 0 Å². The Morgan fingerprint density at radius 2 is 1.96 bits per heavy atom. The third-order valence-electron chi connectivity index (χ3n) is 4.98. The highest BCUT2D eigenvalue weighted by molar-refractivity contribution is 7.10. The fourth-order valence-electron chi connectivity index (χ4n) is 3.60. The Balaban J connectivity index is 1.67. The van der Waals surface area contributed by atoms with Crippen LogP contribution in [0.1, 0.15) is 17.8 Å². The van der Waals surface area contributed by atoms with Crippen molar-refractivity contribution in [2.45, 2.75) is 19.0 Å². The number of carbonyl (C=O) groups is 1. The zero-order valence-electron chi connectivity index (χ0n) is 15.2. The summed E-state index contributed by atoms with van der Waals surface area (Å²) in [4.78, 5) is 16.9. The van der Waals surface area contributed by atoms with Crippen LogP contribution in [0, 0.1) is 0 Å². The Morgan fingerprint density at radius 3 is 2.62 bits per heavy atom. The molecule has 1 aromatic heterocycles. The molecule has 1 fully saturated rings. The van der Waals surface area contributed by atoms with E-state index in [9.17, 15) is 4.79 Å². The Morgan fingerprint density at radius 1 is 1.19 bits per heavy atom. The second-order valence-electron chi connectivity index (χ2n) is 7.01. The number of hydrogen-bond donors (Lipinski definition) is 4. The van der Waals surface area contributed by atoms with E-state index in [1.807, 2.05) is 12.1 Å². The smallest absolute Gasteiger partial charge is 0.319 e. The van der Waals surface area contributed by atoms with Crippen molar-refractivity contribution in [2.75, 3.05) is 38.5 Å². The van der Waals surface area contributed by atoms with Crippen LogP contribution >= 0.6 is 22.9 Å². The minimum absolute atomic E-state index is 0.0289. The monoisotopic (exact) mass is 394 g/mol. The van der Waals surface area contributed by atoms with Crippen LogP contribution in [0.2, 0.25) is 5.02 Å². The van der Waals surface area contributed by atoms with Crippen molar-refractivity contribution in [1.82, 2.24) is 5.32 Å². The Hall–Kier alpha value is -1.60. The third-order valence-corrected chi connectivity index (χ3v) is 6.17. The molecule has 0 radical (unpaired) electrons. The molecule has 2 heterocycles. The van der Waals surface area contributed by atoms with Crippen LogP contribution in [-0.2, 0) is 0 Å². The lowest BCUT2D eigenvalue weighted by Gasteiger charge is -2.35. The molecule has 0 aliphatic carbocycles. The highest BCUT2D eigenvalue weighted by atomic mass is 35.5. The number of nitrogens with one attached hydrogen (secondary N) is 4. The normalized spacial score (nSPS) is 22.4. The molecule has 0 spiro atoms. The van der Waals surface area contributed by atoms with Crippen LogP contribution in [0.5, 0.6) is 0 Å². The molecular formula is C19H27ClN4OS+2. The van der Waals surface area contributed by atoms with Gasteiger partial charge < -0.3 is 20.4 Å².